The molecule has 0 saturated heterocycles. The first-order valence-corrected chi connectivity index (χ1v) is 18.7. The summed E-state index contributed by atoms with van der Waals surface area (Å²) in [6, 6.07) is 64.5. The fraction of sp³-hybridized carbons (Fsp3) is 0.0204. The van der Waals surface area contributed by atoms with E-state index in [9.17, 15) is 0 Å². The van der Waals surface area contributed by atoms with Crippen LogP contribution in [-0.2, 0) is 5.41 Å². The minimum atomic E-state index is -0.486. The zero-order chi connectivity index (χ0) is 34.0. The summed E-state index contributed by atoms with van der Waals surface area (Å²) in [6.07, 6.45) is 0. The maximum absolute atomic E-state index is 6.89. The number of fused-ring (bicyclic) bond motifs is 15. The molecule has 52 heavy (non-hydrogen) atoms. The molecule has 0 radical (unpaired) electrons. The molecule has 2 nitrogen and oxygen atoms in total. The lowest BCUT2D eigenvalue weighted by molar-refractivity contribution is 0.673. The molecule has 0 amide bonds. The lowest BCUT2D eigenvalue weighted by Gasteiger charge is -2.34. The Balaban J connectivity index is 1.28. The summed E-state index contributed by atoms with van der Waals surface area (Å²) >= 11 is 1.87. The number of hydrogen-bond donors (Lipinski definition) is 0. The van der Waals surface area contributed by atoms with Crippen LogP contribution in [-0.4, -0.2) is 4.57 Å². The van der Waals surface area contributed by atoms with Crippen LogP contribution in [0.25, 0.3) is 80.7 Å². The molecular formula is C49H29NOS. The van der Waals surface area contributed by atoms with E-state index in [1.54, 1.807) is 0 Å². The van der Waals surface area contributed by atoms with Crippen molar-refractivity contribution in [3.8, 4) is 16.8 Å². The second-order valence-corrected chi connectivity index (χ2v) is 15.0. The van der Waals surface area contributed by atoms with Gasteiger partial charge in [0.15, 0.2) is 0 Å². The van der Waals surface area contributed by atoms with Gasteiger partial charge in [0.05, 0.1) is 21.8 Å². The van der Waals surface area contributed by atoms with Gasteiger partial charge in [-0.05, 0) is 63.7 Å². The predicted octanol–water partition coefficient (Wildman–Crippen LogP) is 13.4. The number of thiophene rings is 1. The first-order chi connectivity index (χ1) is 25.8. The average Bonchev–Trinajstić information content (AvgIpc) is 3.95. The summed E-state index contributed by atoms with van der Waals surface area (Å²) in [4.78, 5) is 0. The minimum Gasteiger partial charge on any atom is -0.455 e. The summed E-state index contributed by atoms with van der Waals surface area (Å²) in [5.41, 5.74) is 12.6. The molecule has 242 valence electrons. The molecule has 0 unspecified atom stereocenters. The molecule has 0 saturated carbocycles. The van der Waals surface area contributed by atoms with Crippen LogP contribution in [0.4, 0.5) is 0 Å². The van der Waals surface area contributed by atoms with Gasteiger partial charge in [-0.25, -0.2) is 0 Å². The van der Waals surface area contributed by atoms with Gasteiger partial charge < -0.3 is 8.98 Å². The van der Waals surface area contributed by atoms with Crippen LogP contribution in [0.15, 0.2) is 180 Å². The van der Waals surface area contributed by atoms with Crippen LogP contribution in [0.2, 0.25) is 0 Å². The molecule has 1 aliphatic rings. The van der Waals surface area contributed by atoms with E-state index in [-0.39, 0.29) is 0 Å². The SMILES string of the molecule is c1ccc(C2(c3ccccc3)c3ccccc3-c3ccc(-n4c5ccccc5c5c6oc7ccccc7c6c6sc7ccccc7c6c54)cc32)cc1. The standard InChI is InChI=1S/C49H29NOS/c1-3-15-30(16-4-1)49(31-17-5-2-6-18-31)38-23-11-7-19-33(38)34-28-27-32(29-39(34)49)50-40-24-12-8-20-35(40)43-46(50)44-37-22-10-14-26-42(37)52-48(44)45-36-21-9-13-25-41(36)51-47(43)45/h1-29H. The van der Waals surface area contributed by atoms with Crippen LogP contribution >= 0.6 is 11.3 Å². The molecule has 0 aliphatic heterocycles. The molecule has 11 aromatic rings. The smallest absolute Gasteiger partial charge is 0.146 e. The van der Waals surface area contributed by atoms with Gasteiger partial charge in [-0.1, -0.05) is 146 Å². The number of furan rings is 1. The van der Waals surface area contributed by atoms with Crippen LogP contribution in [0.5, 0.6) is 0 Å². The zero-order valence-electron chi connectivity index (χ0n) is 28.0. The molecule has 12 rings (SSSR count). The summed E-state index contributed by atoms with van der Waals surface area (Å²) in [5.74, 6) is 0. The van der Waals surface area contributed by atoms with E-state index in [2.05, 4.69) is 180 Å². The number of hydrogen-bond acceptors (Lipinski definition) is 2. The van der Waals surface area contributed by atoms with E-state index in [0.717, 1.165) is 16.9 Å². The zero-order valence-corrected chi connectivity index (χ0v) is 28.8. The second-order valence-electron chi connectivity index (χ2n) is 13.9. The maximum atomic E-state index is 6.89. The van der Waals surface area contributed by atoms with Gasteiger partial charge in [-0.3, -0.25) is 0 Å². The molecule has 3 aromatic heterocycles. The third kappa shape index (κ3) is 3.48. The Kier molecular flexibility index (Phi) is 5.62. The van der Waals surface area contributed by atoms with Crippen molar-refractivity contribution in [3.05, 3.63) is 198 Å². The number of rotatable bonds is 3. The molecule has 0 spiro atoms. The van der Waals surface area contributed by atoms with Crippen LogP contribution in [0.3, 0.4) is 0 Å². The number of aromatic nitrogens is 1. The molecule has 0 bridgehead atoms. The van der Waals surface area contributed by atoms with E-state index in [1.807, 2.05) is 11.3 Å². The molecule has 1 aliphatic carbocycles. The predicted molar refractivity (Wildman–Crippen MR) is 218 cm³/mol. The Morgan fingerprint density at radius 1 is 0.481 bits per heavy atom. The van der Waals surface area contributed by atoms with Crippen molar-refractivity contribution in [1.82, 2.24) is 4.57 Å². The number of benzene rings is 8. The number of para-hydroxylation sites is 2. The Hall–Kier alpha value is -6.42. The lowest BCUT2D eigenvalue weighted by Crippen LogP contribution is -2.28. The van der Waals surface area contributed by atoms with E-state index >= 15 is 0 Å². The number of nitrogens with zero attached hydrogens (tertiary/aromatic N) is 1. The first-order valence-electron chi connectivity index (χ1n) is 17.9. The third-order valence-electron chi connectivity index (χ3n) is 11.5. The van der Waals surface area contributed by atoms with Gasteiger partial charge in [0.2, 0.25) is 0 Å². The maximum Gasteiger partial charge on any atom is 0.146 e. The fourth-order valence-corrected chi connectivity index (χ4v) is 10.7. The molecule has 8 aromatic carbocycles. The van der Waals surface area contributed by atoms with Crippen molar-refractivity contribution in [2.45, 2.75) is 5.41 Å². The quantitative estimate of drug-likeness (QED) is 0.182. The highest BCUT2D eigenvalue weighted by molar-refractivity contribution is 7.27. The van der Waals surface area contributed by atoms with Crippen LogP contribution in [0, 0.1) is 0 Å². The monoisotopic (exact) mass is 679 g/mol. The van der Waals surface area contributed by atoms with Gasteiger partial charge in [0.25, 0.3) is 0 Å². The van der Waals surface area contributed by atoms with Crippen molar-refractivity contribution < 1.29 is 4.42 Å². The first kappa shape index (κ1) is 28.3. The fourth-order valence-electron chi connectivity index (χ4n) is 9.45. The molecule has 3 heteroatoms. The van der Waals surface area contributed by atoms with E-state index in [0.29, 0.717) is 0 Å². The van der Waals surface area contributed by atoms with Gasteiger partial charge in [-0.2, -0.15) is 0 Å². The van der Waals surface area contributed by atoms with Crippen molar-refractivity contribution in [1.29, 1.82) is 0 Å². The molecule has 0 fully saturated rings. The largest absolute Gasteiger partial charge is 0.455 e. The van der Waals surface area contributed by atoms with Crippen LogP contribution < -0.4 is 0 Å². The highest BCUT2D eigenvalue weighted by Crippen LogP contribution is 2.57. The molecule has 3 heterocycles. The van der Waals surface area contributed by atoms with Gasteiger partial charge in [0.1, 0.15) is 11.2 Å². The summed E-state index contributed by atoms with van der Waals surface area (Å²) in [7, 11) is 0. The summed E-state index contributed by atoms with van der Waals surface area (Å²) in [6.45, 7) is 0. The highest BCUT2D eigenvalue weighted by atomic mass is 32.1. The van der Waals surface area contributed by atoms with Crippen molar-refractivity contribution in [2.24, 2.45) is 0 Å². The second kappa shape index (κ2) is 10.3. The van der Waals surface area contributed by atoms with Crippen molar-refractivity contribution in [2.75, 3.05) is 0 Å². The normalized spacial score (nSPS) is 13.5. The minimum absolute atomic E-state index is 0.486. The lowest BCUT2D eigenvalue weighted by atomic mass is 9.67. The van der Waals surface area contributed by atoms with Crippen molar-refractivity contribution >= 4 is 75.3 Å². The van der Waals surface area contributed by atoms with Gasteiger partial charge in [0, 0.05) is 42.0 Å². The Morgan fingerprint density at radius 2 is 1.12 bits per heavy atom. The topological polar surface area (TPSA) is 18.1 Å². The average molecular weight is 680 g/mol. The molecule has 0 N–H and O–H groups in total. The van der Waals surface area contributed by atoms with Gasteiger partial charge in [-0.15, -0.1) is 11.3 Å². The molecular weight excluding hydrogens is 651 g/mol. The molecule has 0 atom stereocenters. The van der Waals surface area contributed by atoms with Gasteiger partial charge >= 0.3 is 0 Å². The van der Waals surface area contributed by atoms with E-state index in [1.165, 1.54) is 86.1 Å². The third-order valence-corrected chi connectivity index (χ3v) is 12.6. The Bertz CT molecular complexity index is 3170. The van der Waals surface area contributed by atoms with E-state index < -0.39 is 5.41 Å². The van der Waals surface area contributed by atoms with Crippen LogP contribution in [0.1, 0.15) is 22.3 Å². The Labute approximate surface area is 303 Å². The highest BCUT2D eigenvalue weighted by Gasteiger charge is 2.46. The van der Waals surface area contributed by atoms with E-state index in [4.69, 9.17) is 4.42 Å². The Morgan fingerprint density at radius 3 is 1.92 bits per heavy atom. The van der Waals surface area contributed by atoms with Crippen molar-refractivity contribution in [3.63, 3.8) is 0 Å². The summed E-state index contributed by atoms with van der Waals surface area (Å²) in [5, 5.41) is 7.29. The summed E-state index contributed by atoms with van der Waals surface area (Å²) < 4.78 is 12.0.